The molecule has 0 bridgehead atoms. The highest BCUT2D eigenvalue weighted by Gasteiger charge is 2.28. The molecule has 2 unspecified atom stereocenters. The first-order chi connectivity index (χ1) is 6.02. The van der Waals surface area contributed by atoms with Crippen LogP contribution in [0.3, 0.4) is 0 Å². The molecule has 0 aliphatic rings. The quantitative estimate of drug-likeness (QED) is 0.631. The van der Waals surface area contributed by atoms with E-state index in [1.807, 2.05) is 0 Å². The summed E-state index contributed by atoms with van der Waals surface area (Å²) in [7, 11) is 0.945. The molecule has 0 aromatic rings. The maximum Gasteiger partial charge on any atom is 0.323 e. The third-order valence-corrected chi connectivity index (χ3v) is 3.93. The van der Waals surface area contributed by atoms with Crippen LogP contribution in [0.4, 0.5) is 13.2 Å². The molecule has 0 spiro atoms. The number of hydrogen-bond acceptors (Lipinski definition) is 2. The van der Waals surface area contributed by atoms with E-state index in [0.29, 0.717) is 0 Å². The molecule has 80 valence electrons. The Labute approximate surface area is 77.9 Å². The van der Waals surface area contributed by atoms with Crippen molar-refractivity contribution in [3.63, 3.8) is 0 Å². The largest absolute Gasteiger partial charge is 0.400 e. The van der Waals surface area contributed by atoms with Crippen LogP contribution in [0.15, 0.2) is 0 Å². The Hall–Kier alpha value is -0.0731. The van der Waals surface area contributed by atoms with Gasteiger partial charge in [0.15, 0.2) is 6.17 Å². The SMILES string of the molecule is CO[SiH](OC)C(C)CC(F)C(F)F. The zero-order valence-corrected chi connectivity index (χ0v) is 9.12. The Kier molecular flexibility index (Phi) is 6.36. The van der Waals surface area contributed by atoms with Crippen LogP contribution in [-0.4, -0.2) is 36.1 Å². The fourth-order valence-electron chi connectivity index (χ4n) is 1.13. The van der Waals surface area contributed by atoms with Crippen LogP contribution < -0.4 is 0 Å². The highest BCUT2D eigenvalue weighted by Crippen LogP contribution is 2.22. The molecule has 0 aromatic carbocycles. The van der Waals surface area contributed by atoms with Crippen LogP contribution in [0.25, 0.3) is 0 Å². The van der Waals surface area contributed by atoms with Gasteiger partial charge in [0, 0.05) is 14.2 Å². The molecule has 0 saturated heterocycles. The molecule has 0 rings (SSSR count). The molecule has 0 aliphatic heterocycles. The zero-order chi connectivity index (χ0) is 10.4. The van der Waals surface area contributed by atoms with Crippen LogP contribution in [0.2, 0.25) is 5.54 Å². The molecule has 13 heavy (non-hydrogen) atoms. The lowest BCUT2D eigenvalue weighted by molar-refractivity contribution is 0.0433. The Morgan fingerprint density at radius 2 is 1.62 bits per heavy atom. The molecule has 0 heterocycles. The molecule has 0 radical (unpaired) electrons. The van der Waals surface area contributed by atoms with Crippen LogP contribution in [0, 0.1) is 0 Å². The minimum Gasteiger partial charge on any atom is -0.400 e. The topological polar surface area (TPSA) is 18.5 Å². The lowest BCUT2D eigenvalue weighted by Crippen LogP contribution is -2.28. The van der Waals surface area contributed by atoms with Gasteiger partial charge in [0.05, 0.1) is 0 Å². The summed E-state index contributed by atoms with van der Waals surface area (Å²) in [6.45, 7) is 1.67. The molecule has 2 atom stereocenters. The van der Waals surface area contributed by atoms with Crippen molar-refractivity contribution in [3.8, 4) is 0 Å². The summed E-state index contributed by atoms with van der Waals surface area (Å²) in [4.78, 5) is 0. The van der Waals surface area contributed by atoms with Crippen molar-refractivity contribution in [3.05, 3.63) is 0 Å². The van der Waals surface area contributed by atoms with Crippen molar-refractivity contribution in [2.75, 3.05) is 14.2 Å². The Balaban J connectivity index is 3.89. The second kappa shape index (κ2) is 6.39. The van der Waals surface area contributed by atoms with Gasteiger partial charge in [0.25, 0.3) is 6.43 Å². The molecule has 0 fully saturated rings. The minimum atomic E-state index is -2.91. The van der Waals surface area contributed by atoms with E-state index in [4.69, 9.17) is 8.85 Å². The van der Waals surface area contributed by atoms with Crippen molar-refractivity contribution < 1.29 is 22.0 Å². The summed E-state index contributed by atoms with van der Waals surface area (Å²) in [5, 5.41) is 0. The van der Waals surface area contributed by atoms with E-state index in [1.54, 1.807) is 6.92 Å². The number of halogens is 3. The fraction of sp³-hybridized carbons (Fsp3) is 1.00. The van der Waals surface area contributed by atoms with Crippen molar-refractivity contribution in [2.24, 2.45) is 0 Å². The smallest absolute Gasteiger partial charge is 0.323 e. The van der Waals surface area contributed by atoms with E-state index < -0.39 is 21.9 Å². The average Bonchev–Trinajstić information content (AvgIpc) is 2.06. The molecule has 0 amide bonds. The first-order valence-corrected chi connectivity index (χ1v) is 5.61. The summed E-state index contributed by atoms with van der Waals surface area (Å²) in [5.74, 6) is 0. The van der Waals surface area contributed by atoms with Gasteiger partial charge in [0.2, 0.25) is 0 Å². The van der Waals surface area contributed by atoms with E-state index in [-0.39, 0.29) is 12.0 Å². The first-order valence-electron chi connectivity index (χ1n) is 4.00. The molecule has 6 heteroatoms. The van der Waals surface area contributed by atoms with Gasteiger partial charge >= 0.3 is 9.28 Å². The van der Waals surface area contributed by atoms with Crippen LogP contribution in [0.5, 0.6) is 0 Å². The predicted molar refractivity (Wildman–Crippen MR) is 46.1 cm³/mol. The van der Waals surface area contributed by atoms with Crippen LogP contribution in [0.1, 0.15) is 13.3 Å². The maximum absolute atomic E-state index is 12.6. The lowest BCUT2D eigenvalue weighted by Gasteiger charge is -2.19. The normalized spacial score (nSPS) is 16.6. The van der Waals surface area contributed by atoms with Gasteiger partial charge in [0.1, 0.15) is 0 Å². The van der Waals surface area contributed by atoms with Gasteiger partial charge < -0.3 is 8.85 Å². The van der Waals surface area contributed by atoms with E-state index in [9.17, 15) is 13.2 Å². The molecule has 0 saturated carbocycles. The van der Waals surface area contributed by atoms with Gasteiger partial charge in [-0.1, -0.05) is 6.92 Å². The Bertz CT molecular complexity index is 133. The highest BCUT2D eigenvalue weighted by atomic mass is 28.3. The number of alkyl halides is 3. The average molecular weight is 216 g/mol. The minimum absolute atomic E-state index is 0.198. The fourth-order valence-corrected chi connectivity index (χ4v) is 2.73. The second-order valence-electron chi connectivity index (χ2n) is 2.90. The summed E-state index contributed by atoms with van der Waals surface area (Å²) in [6, 6.07) is 0. The monoisotopic (exact) mass is 216 g/mol. The number of rotatable bonds is 6. The molecule has 0 N–H and O–H groups in total. The van der Waals surface area contributed by atoms with Crippen molar-refractivity contribution in [2.45, 2.75) is 31.5 Å². The van der Waals surface area contributed by atoms with Gasteiger partial charge in [-0.05, 0) is 12.0 Å². The maximum atomic E-state index is 12.6. The van der Waals surface area contributed by atoms with Crippen molar-refractivity contribution in [1.29, 1.82) is 0 Å². The lowest BCUT2D eigenvalue weighted by atomic mass is 10.2. The molecule has 0 aromatic heterocycles. The Morgan fingerprint density at radius 3 is 1.92 bits per heavy atom. The summed E-state index contributed by atoms with van der Waals surface area (Å²) >= 11 is 0. The standard InChI is InChI=1S/C7H15F3O2Si/c1-5(13(11-2)12-3)4-6(8)7(9)10/h5-7,13H,4H2,1-3H3. The second-order valence-corrected chi connectivity index (χ2v) is 5.72. The van der Waals surface area contributed by atoms with Crippen molar-refractivity contribution in [1.82, 2.24) is 0 Å². The zero-order valence-electron chi connectivity index (χ0n) is 7.97. The summed E-state index contributed by atoms with van der Waals surface area (Å²) in [6.07, 6.45) is -5.18. The van der Waals surface area contributed by atoms with E-state index in [2.05, 4.69) is 0 Å². The first kappa shape index (κ1) is 12.9. The highest BCUT2D eigenvalue weighted by molar-refractivity contribution is 6.46. The van der Waals surface area contributed by atoms with Gasteiger partial charge in [-0.25, -0.2) is 13.2 Å². The van der Waals surface area contributed by atoms with Gasteiger partial charge in [-0.2, -0.15) is 0 Å². The third kappa shape index (κ3) is 4.63. The summed E-state index contributed by atoms with van der Waals surface area (Å²) < 4.78 is 46.1. The van der Waals surface area contributed by atoms with Gasteiger partial charge in [-0.15, -0.1) is 0 Å². The Morgan fingerprint density at radius 1 is 1.15 bits per heavy atom. The van der Waals surface area contributed by atoms with Crippen LogP contribution in [-0.2, 0) is 8.85 Å². The molecular weight excluding hydrogens is 201 g/mol. The molecule has 0 aliphatic carbocycles. The predicted octanol–water partition coefficient (Wildman–Crippen LogP) is 1.88. The van der Waals surface area contributed by atoms with Gasteiger partial charge in [-0.3, -0.25) is 0 Å². The molecular formula is C7H15F3O2Si. The molecule has 2 nitrogen and oxygen atoms in total. The van der Waals surface area contributed by atoms with Crippen LogP contribution >= 0.6 is 0 Å². The van der Waals surface area contributed by atoms with E-state index in [1.165, 1.54) is 14.2 Å². The van der Waals surface area contributed by atoms with E-state index in [0.717, 1.165) is 0 Å². The third-order valence-electron chi connectivity index (χ3n) is 1.80. The van der Waals surface area contributed by atoms with Crippen molar-refractivity contribution >= 4 is 9.28 Å². The van der Waals surface area contributed by atoms with E-state index >= 15 is 0 Å². The number of hydrogen-bond donors (Lipinski definition) is 0. The summed E-state index contributed by atoms with van der Waals surface area (Å²) in [5.41, 5.74) is -0.251.